The van der Waals surface area contributed by atoms with E-state index in [1.54, 1.807) is 11.3 Å². The average molecular weight is 293 g/mol. The number of nitrogens with one attached hydrogen (secondary N) is 1. The maximum Gasteiger partial charge on any atom is 0.130 e. The second kappa shape index (κ2) is 6.57. The summed E-state index contributed by atoms with van der Waals surface area (Å²) in [5.74, 6) is 1.86. The summed E-state index contributed by atoms with van der Waals surface area (Å²) in [4.78, 5) is 1.24. The minimum atomic E-state index is 0.111. The van der Waals surface area contributed by atoms with Gasteiger partial charge in [0.25, 0.3) is 0 Å². The van der Waals surface area contributed by atoms with Crippen molar-refractivity contribution in [2.75, 3.05) is 0 Å². The first-order chi connectivity index (χ1) is 9.44. The highest BCUT2D eigenvalue weighted by Gasteiger charge is 2.12. The molecule has 2 rings (SSSR count). The minimum absolute atomic E-state index is 0.111. The maximum absolute atomic E-state index is 5.74. The first-order valence-corrected chi connectivity index (χ1v) is 7.75. The summed E-state index contributed by atoms with van der Waals surface area (Å²) >= 11 is 1.71. The van der Waals surface area contributed by atoms with E-state index < -0.39 is 0 Å². The SMILES string of the molecule is Cc1oc(COCc2cccs2)cc1CNC(C)(C)C. The zero-order valence-corrected chi connectivity index (χ0v) is 13.5. The normalized spacial score (nSPS) is 12.0. The van der Waals surface area contributed by atoms with Crippen LogP contribution in [-0.4, -0.2) is 5.54 Å². The van der Waals surface area contributed by atoms with Gasteiger partial charge in [0.15, 0.2) is 0 Å². The van der Waals surface area contributed by atoms with E-state index in [0.717, 1.165) is 18.1 Å². The van der Waals surface area contributed by atoms with Crippen molar-refractivity contribution in [2.45, 2.75) is 53.0 Å². The average Bonchev–Trinajstić information content (AvgIpc) is 2.96. The first-order valence-electron chi connectivity index (χ1n) is 6.87. The molecule has 0 radical (unpaired) electrons. The zero-order valence-electron chi connectivity index (χ0n) is 12.7. The molecule has 20 heavy (non-hydrogen) atoms. The summed E-state index contributed by atoms with van der Waals surface area (Å²) in [5, 5.41) is 5.53. The summed E-state index contributed by atoms with van der Waals surface area (Å²) in [7, 11) is 0. The number of furan rings is 1. The van der Waals surface area contributed by atoms with Crippen molar-refractivity contribution >= 4 is 11.3 Å². The molecule has 0 aliphatic heterocycles. The van der Waals surface area contributed by atoms with Gasteiger partial charge in [-0.15, -0.1) is 11.3 Å². The van der Waals surface area contributed by atoms with Crippen LogP contribution in [0.3, 0.4) is 0 Å². The Balaban J connectivity index is 1.84. The van der Waals surface area contributed by atoms with Crippen LogP contribution < -0.4 is 5.32 Å². The lowest BCUT2D eigenvalue weighted by atomic mass is 10.1. The molecule has 0 spiro atoms. The predicted molar refractivity (Wildman–Crippen MR) is 82.8 cm³/mol. The van der Waals surface area contributed by atoms with E-state index in [1.807, 2.05) is 13.0 Å². The van der Waals surface area contributed by atoms with Crippen molar-refractivity contribution in [2.24, 2.45) is 0 Å². The number of hydrogen-bond acceptors (Lipinski definition) is 4. The highest BCUT2D eigenvalue weighted by atomic mass is 32.1. The summed E-state index contributed by atoms with van der Waals surface area (Å²) < 4.78 is 11.4. The van der Waals surface area contributed by atoms with Gasteiger partial charge in [0, 0.05) is 22.5 Å². The molecule has 0 atom stereocenters. The molecule has 2 aromatic rings. The van der Waals surface area contributed by atoms with Crippen molar-refractivity contribution < 1.29 is 9.15 Å². The lowest BCUT2D eigenvalue weighted by Gasteiger charge is -2.20. The van der Waals surface area contributed by atoms with E-state index in [2.05, 4.69) is 43.6 Å². The van der Waals surface area contributed by atoms with E-state index in [4.69, 9.17) is 9.15 Å². The Labute approximate surface area is 125 Å². The van der Waals surface area contributed by atoms with Crippen molar-refractivity contribution in [3.05, 3.63) is 45.5 Å². The smallest absolute Gasteiger partial charge is 0.130 e. The van der Waals surface area contributed by atoms with Gasteiger partial charge in [-0.25, -0.2) is 0 Å². The van der Waals surface area contributed by atoms with Gasteiger partial charge in [-0.05, 0) is 45.2 Å². The summed E-state index contributed by atoms with van der Waals surface area (Å²) in [6.07, 6.45) is 0. The van der Waals surface area contributed by atoms with Crippen molar-refractivity contribution in [3.63, 3.8) is 0 Å². The Kier molecular flexibility index (Phi) is 5.02. The second-order valence-corrected chi connectivity index (χ2v) is 7.00. The molecule has 0 aromatic carbocycles. The van der Waals surface area contributed by atoms with Gasteiger partial charge in [-0.3, -0.25) is 0 Å². The second-order valence-electron chi connectivity index (χ2n) is 5.97. The van der Waals surface area contributed by atoms with Crippen molar-refractivity contribution in [1.82, 2.24) is 5.32 Å². The molecule has 0 aliphatic carbocycles. The highest BCUT2D eigenvalue weighted by Crippen LogP contribution is 2.17. The Morgan fingerprint density at radius 2 is 2.10 bits per heavy atom. The monoisotopic (exact) mass is 293 g/mol. The Morgan fingerprint density at radius 1 is 1.30 bits per heavy atom. The van der Waals surface area contributed by atoms with Gasteiger partial charge in [0.05, 0.1) is 6.61 Å². The quantitative estimate of drug-likeness (QED) is 0.864. The van der Waals surface area contributed by atoms with Crippen LogP contribution in [0.1, 0.15) is 42.7 Å². The molecule has 0 saturated heterocycles. The lowest BCUT2D eigenvalue weighted by Crippen LogP contribution is -2.35. The fourth-order valence-corrected chi connectivity index (χ4v) is 2.48. The topological polar surface area (TPSA) is 34.4 Å². The van der Waals surface area contributed by atoms with Gasteiger partial charge in [-0.1, -0.05) is 6.07 Å². The number of thiophene rings is 1. The van der Waals surface area contributed by atoms with E-state index in [0.29, 0.717) is 13.2 Å². The third-order valence-electron chi connectivity index (χ3n) is 2.95. The fraction of sp³-hybridized carbons (Fsp3) is 0.500. The van der Waals surface area contributed by atoms with Gasteiger partial charge in [0.2, 0.25) is 0 Å². The predicted octanol–water partition coefficient (Wildman–Crippen LogP) is 4.25. The number of hydrogen-bond donors (Lipinski definition) is 1. The summed E-state index contributed by atoms with van der Waals surface area (Å²) in [5.41, 5.74) is 1.31. The van der Waals surface area contributed by atoms with Crippen LogP contribution in [0, 0.1) is 6.92 Å². The minimum Gasteiger partial charge on any atom is -0.464 e. The van der Waals surface area contributed by atoms with Gasteiger partial charge >= 0.3 is 0 Å². The van der Waals surface area contributed by atoms with Crippen LogP contribution in [0.4, 0.5) is 0 Å². The summed E-state index contributed by atoms with van der Waals surface area (Å²) in [6.45, 7) is 10.5. The fourth-order valence-electron chi connectivity index (χ4n) is 1.84. The highest BCUT2D eigenvalue weighted by molar-refractivity contribution is 7.09. The Morgan fingerprint density at radius 3 is 2.75 bits per heavy atom. The molecule has 4 heteroatoms. The third-order valence-corrected chi connectivity index (χ3v) is 3.80. The number of aryl methyl sites for hydroxylation is 1. The molecule has 0 amide bonds. The molecule has 110 valence electrons. The first kappa shape index (κ1) is 15.3. The molecule has 0 saturated carbocycles. The van der Waals surface area contributed by atoms with Gasteiger partial charge in [0.1, 0.15) is 18.1 Å². The van der Waals surface area contributed by atoms with Crippen molar-refractivity contribution in [1.29, 1.82) is 0 Å². The van der Waals surface area contributed by atoms with Crippen LogP contribution in [-0.2, 0) is 24.5 Å². The van der Waals surface area contributed by atoms with Gasteiger partial charge in [-0.2, -0.15) is 0 Å². The number of ether oxygens (including phenoxy) is 1. The molecular weight excluding hydrogens is 270 g/mol. The standard InChI is InChI=1S/C16H23NO2S/c1-12-13(9-17-16(2,3)4)8-14(19-12)10-18-11-15-6-5-7-20-15/h5-8,17H,9-11H2,1-4H3. The van der Waals surface area contributed by atoms with Crippen LogP contribution >= 0.6 is 11.3 Å². The number of rotatable bonds is 6. The maximum atomic E-state index is 5.74. The van der Waals surface area contributed by atoms with Crippen LogP contribution in [0.15, 0.2) is 28.0 Å². The van der Waals surface area contributed by atoms with E-state index in [1.165, 1.54) is 10.4 Å². The zero-order chi connectivity index (χ0) is 14.6. The molecule has 0 unspecified atom stereocenters. The lowest BCUT2D eigenvalue weighted by molar-refractivity contribution is 0.0942. The molecule has 0 fully saturated rings. The molecule has 2 aromatic heterocycles. The Bertz CT molecular complexity index is 523. The molecular formula is C16H23NO2S. The molecule has 3 nitrogen and oxygen atoms in total. The van der Waals surface area contributed by atoms with Crippen LogP contribution in [0.5, 0.6) is 0 Å². The van der Waals surface area contributed by atoms with Crippen molar-refractivity contribution in [3.8, 4) is 0 Å². The third kappa shape index (κ3) is 4.78. The molecule has 0 bridgehead atoms. The molecule has 2 heterocycles. The van der Waals surface area contributed by atoms with Crippen LogP contribution in [0.25, 0.3) is 0 Å². The van der Waals surface area contributed by atoms with Crippen LogP contribution in [0.2, 0.25) is 0 Å². The molecule has 0 aliphatic rings. The largest absolute Gasteiger partial charge is 0.464 e. The summed E-state index contributed by atoms with van der Waals surface area (Å²) in [6, 6.07) is 6.20. The molecule has 1 N–H and O–H groups in total. The van der Waals surface area contributed by atoms with Gasteiger partial charge < -0.3 is 14.5 Å². The Hall–Kier alpha value is -1.10. The van der Waals surface area contributed by atoms with E-state index in [9.17, 15) is 0 Å². The van der Waals surface area contributed by atoms with E-state index in [-0.39, 0.29) is 5.54 Å². The van der Waals surface area contributed by atoms with E-state index >= 15 is 0 Å².